The van der Waals surface area contributed by atoms with E-state index in [0.29, 0.717) is 5.59 Å². The number of anilines is 1. The largest absolute Gasteiger partial charge is 0.384 e. The third-order valence-electron chi connectivity index (χ3n) is 1.66. The maximum Gasteiger partial charge on any atom is 0.177 e. The zero-order valence-electron chi connectivity index (χ0n) is 6.65. The highest BCUT2D eigenvalue weighted by Crippen LogP contribution is 2.10. The predicted molar refractivity (Wildman–Crippen MR) is 47.9 cm³/mol. The maximum atomic E-state index is 5.53. The highest BCUT2D eigenvalue weighted by atomic mass is 15.3. The second kappa shape index (κ2) is 2.51. The second-order valence-corrected chi connectivity index (χ2v) is 2.43. The molecule has 58 valence electrons. The van der Waals surface area contributed by atoms with Crippen LogP contribution in [0.25, 0.3) is 5.65 Å². The Balaban J connectivity index is 2.75. The van der Waals surface area contributed by atoms with Crippen LogP contribution in [-0.2, 0) is 0 Å². The minimum atomic E-state index is 0.500. The summed E-state index contributed by atoms with van der Waals surface area (Å²) in [6.07, 6.45) is 3.49. The van der Waals surface area contributed by atoms with Crippen LogP contribution in [-0.4, -0.2) is 29.5 Å². The summed E-state index contributed by atoms with van der Waals surface area (Å²) in [5, 5.41) is 7.04. The SMILES string of the molecule is [B]c1ccn2ncc(NC)c2n1. The van der Waals surface area contributed by atoms with Crippen LogP contribution < -0.4 is 10.9 Å². The molecule has 0 atom stereocenters. The summed E-state index contributed by atoms with van der Waals surface area (Å²) in [5.41, 5.74) is 2.12. The molecule has 2 heterocycles. The third-order valence-corrected chi connectivity index (χ3v) is 1.66. The van der Waals surface area contributed by atoms with E-state index in [0.717, 1.165) is 11.3 Å². The molecule has 0 fully saturated rings. The lowest BCUT2D eigenvalue weighted by Crippen LogP contribution is -2.09. The molecular weight excluding hydrogens is 151 g/mol. The fraction of sp³-hybridized carbons (Fsp3) is 0.143. The first-order valence-electron chi connectivity index (χ1n) is 3.59. The van der Waals surface area contributed by atoms with Gasteiger partial charge in [-0.25, -0.2) is 9.50 Å². The molecule has 0 bridgehead atoms. The molecule has 0 aliphatic carbocycles. The summed E-state index contributed by atoms with van der Waals surface area (Å²) in [7, 11) is 7.35. The van der Waals surface area contributed by atoms with Gasteiger partial charge in [-0.1, -0.05) is 0 Å². The molecule has 0 aliphatic heterocycles. The molecule has 2 aromatic heterocycles. The number of rotatable bonds is 1. The van der Waals surface area contributed by atoms with Gasteiger partial charge in [0.25, 0.3) is 0 Å². The van der Waals surface area contributed by atoms with Crippen LogP contribution in [0, 0.1) is 0 Å². The first-order valence-corrected chi connectivity index (χ1v) is 3.59. The van der Waals surface area contributed by atoms with Crippen LogP contribution in [0.2, 0.25) is 0 Å². The molecular formula is C7H7BN4. The smallest absolute Gasteiger partial charge is 0.177 e. The summed E-state index contributed by atoms with van der Waals surface area (Å²) in [4.78, 5) is 4.12. The van der Waals surface area contributed by atoms with Crippen molar-refractivity contribution in [2.45, 2.75) is 0 Å². The van der Waals surface area contributed by atoms with Gasteiger partial charge in [0.1, 0.15) is 7.85 Å². The van der Waals surface area contributed by atoms with Crippen molar-refractivity contribution >= 4 is 24.8 Å². The van der Waals surface area contributed by atoms with Gasteiger partial charge in [-0.2, -0.15) is 5.10 Å². The lowest BCUT2D eigenvalue weighted by Gasteiger charge is -1.97. The van der Waals surface area contributed by atoms with E-state index in [9.17, 15) is 0 Å². The van der Waals surface area contributed by atoms with E-state index in [4.69, 9.17) is 7.85 Å². The van der Waals surface area contributed by atoms with E-state index in [2.05, 4.69) is 15.4 Å². The van der Waals surface area contributed by atoms with Gasteiger partial charge in [-0.15, -0.1) is 0 Å². The quantitative estimate of drug-likeness (QED) is 0.572. The number of hydrogen-bond donors (Lipinski definition) is 1. The predicted octanol–water partition coefficient (Wildman–Crippen LogP) is -0.435. The van der Waals surface area contributed by atoms with E-state index < -0.39 is 0 Å². The second-order valence-electron chi connectivity index (χ2n) is 2.43. The Kier molecular flexibility index (Phi) is 1.50. The van der Waals surface area contributed by atoms with Crippen LogP contribution in [0.3, 0.4) is 0 Å². The van der Waals surface area contributed by atoms with E-state index in [1.807, 2.05) is 7.05 Å². The van der Waals surface area contributed by atoms with Crippen molar-refractivity contribution in [3.05, 3.63) is 18.5 Å². The Morgan fingerprint density at radius 3 is 3.17 bits per heavy atom. The van der Waals surface area contributed by atoms with Crippen molar-refractivity contribution in [1.82, 2.24) is 14.6 Å². The minimum Gasteiger partial charge on any atom is -0.384 e. The summed E-state index contributed by atoms with van der Waals surface area (Å²) >= 11 is 0. The topological polar surface area (TPSA) is 42.2 Å². The zero-order chi connectivity index (χ0) is 8.55. The van der Waals surface area contributed by atoms with Gasteiger partial charge < -0.3 is 5.32 Å². The van der Waals surface area contributed by atoms with E-state index in [1.54, 1.807) is 23.0 Å². The molecule has 0 saturated heterocycles. The van der Waals surface area contributed by atoms with Crippen molar-refractivity contribution in [2.75, 3.05) is 12.4 Å². The molecule has 2 rings (SSSR count). The fourth-order valence-electron chi connectivity index (χ4n) is 1.06. The molecule has 0 aromatic carbocycles. The third kappa shape index (κ3) is 0.940. The van der Waals surface area contributed by atoms with Gasteiger partial charge in [-0.3, -0.25) is 0 Å². The van der Waals surface area contributed by atoms with Crippen molar-refractivity contribution in [3.8, 4) is 0 Å². The van der Waals surface area contributed by atoms with Crippen molar-refractivity contribution in [2.24, 2.45) is 0 Å². The van der Waals surface area contributed by atoms with Crippen LogP contribution in [0.15, 0.2) is 18.5 Å². The Bertz CT molecular complexity index is 409. The van der Waals surface area contributed by atoms with Gasteiger partial charge >= 0.3 is 0 Å². The molecule has 1 N–H and O–H groups in total. The van der Waals surface area contributed by atoms with E-state index in [1.165, 1.54) is 0 Å². The average Bonchev–Trinajstić information content (AvgIpc) is 2.46. The number of nitrogens with zero attached hydrogens (tertiary/aromatic N) is 3. The van der Waals surface area contributed by atoms with Crippen LogP contribution in [0.5, 0.6) is 0 Å². The first-order chi connectivity index (χ1) is 5.81. The van der Waals surface area contributed by atoms with Crippen LogP contribution in [0.4, 0.5) is 5.69 Å². The maximum absolute atomic E-state index is 5.53. The Hall–Kier alpha value is -1.52. The highest BCUT2D eigenvalue weighted by molar-refractivity contribution is 6.30. The van der Waals surface area contributed by atoms with E-state index >= 15 is 0 Å². The van der Waals surface area contributed by atoms with Crippen LogP contribution in [0.1, 0.15) is 0 Å². The zero-order valence-corrected chi connectivity index (χ0v) is 6.65. The Labute approximate surface area is 71.0 Å². The number of nitrogens with one attached hydrogen (secondary N) is 1. The summed E-state index contributed by atoms with van der Waals surface area (Å²) in [6.45, 7) is 0. The van der Waals surface area contributed by atoms with Gasteiger partial charge in [0, 0.05) is 13.2 Å². The normalized spacial score (nSPS) is 10.4. The average molecular weight is 158 g/mol. The lowest BCUT2D eigenvalue weighted by molar-refractivity contribution is 0.944. The Morgan fingerprint density at radius 2 is 2.42 bits per heavy atom. The summed E-state index contributed by atoms with van der Waals surface area (Å²) in [5.74, 6) is 0. The van der Waals surface area contributed by atoms with Crippen molar-refractivity contribution < 1.29 is 0 Å². The molecule has 2 radical (unpaired) electrons. The molecule has 2 aromatic rings. The molecule has 5 heteroatoms. The van der Waals surface area contributed by atoms with Crippen molar-refractivity contribution in [1.29, 1.82) is 0 Å². The molecule has 0 unspecified atom stereocenters. The van der Waals surface area contributed by atoms with E-state index in [-0.39, 0.29) is 0 Å². The highest BCUT2D eigenvalue weighted by Gasteiger charge is 2.01. The number of hydrogen-bond acceptors (Lipinski definition) is 3. The molecule has 0 aliphatic rings. The van der Waals surface area contributed by atoms with Crippen molar-refractivity contribution in [3.63, 3.8) is 0 Å². The van der Waals surface area contributed by atoms with Gasteiger partial charge in [0.2, 0.25) is 0 Å². The first kappa shape index (κ1) is 7.15. The molecule has 4 nitrogen and oxygen atoms in total. The van der Waals surface area contributed by atoms with Gasteiger partial charge in [0.15, 0.2) is 5.65 Å². The fourth-order valence-corrected chi connectivity index (χ4v) is 1.06. The van der Waals surface area contributed by atoms with Gasteiger partial charge in [-0.05, 0) is 11.7 Å². The summed E-state index contributed by atoms with van der Waals surface area (Å²) < 4.78 is 1.67. The lowest BCUT2D eigenvalue weighted by atomic mass is 10.1. The summed E-state index contributed by atoms with van der Waals surface area (Å²) in [6, 6.07) is 1.71. The molecule has 0 spiro atoms. The molecule has 12 heavy (non-hydrogen) atoms. The standard InChI is InChI=1S/C7H7BN4/c1-9-5-4-10-12-3-2-6(8)11-7(5)12/h2-4,9H,1H3. The minimum absolute atomic E-state index is 0.500. The molecule has 0 amide bonds. The Morgan fingerprint density at radius 1 is 1.58 bits per heavy atom. The number of aromatic nitrogens is 3. The van der Waals surface area contributed by atoms with Crippen LogP contribution >= 0.6 is 0 Å². The number of fused-ring (bicyclic) bond motifs is 1. The van der Waals surface area contributed by atoms with Gasteiger partial charge in [0.05, 0.1) is 11.9 Å². The monoisotopic (exact) mass is 158 g/mol. The molecule has 0 saturated carbocycles.